The van der Waals surface area contributed by atoms with Gasteiger partial charge in [0.05, 0.1) is 22.8 Å². The summed E-state index contributed by atoms with van der Waals surface area (Å²) in [6, 6.07) is 44.4. The van der Waals surface area contributed by atoms with Gasteiger partial charge in [0.2, 0.25) is 0 Å². The molecule has 208 valence electrons. The van der Waals surface area contributed by atoms with Crippen molar-refractivity contribution in [2.75, 3.05) is 0 Å². The molecule has 3 aromatic heterocycles. The number of aryl methyl sites for hydroxylation is 2. The van der Waals surface area contributed by atoms with Gasteiger partial charge in [-0.2, -0.15) is 0 Å². The minimum absolute atomic E-state index is 0.347. The molecule has 0 amide bonds. The van der Waals surface area contributed by atoms with Crippen LogP contribution in [0.1, 0.15) is 47.5 Å². The lowest BCUT2D eigenvalue weighted by Crippen LogP contribution is -2.22. The van der Waals surface area contributed by atoms with Crippen molar-refractivity contribution in [2.45, 2.75) is 38.5 Å². The molecule has 0 fully saturated rings. The molecule has 10 heterocycles. The van der Waals surface area contributed by atoms with E-state index in [1.807, 2.05) is 11.3 Å². The van der Waals surface area contributed by atoms with Crippen molar-refractivity contribution in [3.8, 4) is 22.5 Å². The highest BCUT2D eigenvalue weighted by Gasteiger charge is 2.27. The fourth-order valence-corrected chi connectivity index (χ4v) is 7.65. The van der Waals surface area contributed by atoms with E-state index in [4.69, 9.17) is 9.97 Å². The van der Waals surface area contributed by atoms with E-state index < -0.39 is 0 Å². The van der Waals surface area contributed by atoms with E-state index in [9.17, 15) is 0 Å². The summed E-state index contributed by atoms with van der Waals surface area (Å²) in [5.74, 6) is 0. The number of pyridine rings is 2. The molecule has 0 saturated heterocycles. The van der Waals surface area contributed by atoms with E-state index in [0.29, 0.717) is 0 Å². The molecule has 7 aliphatic rings. The van der Waals surface area contributed by atoms with E-state index >= 15 is 0 Å². The van der Waals surface area contributed by atoms with Gasteiger partial charge < -0.3 is 0 Å². The lowest BCUT2D eigenvalue weighted by atomic mass is 9.84. The zero-order valence-electron chi connectivity index (χ0n) is 24.5. The van der Waals surface area contributed by atoms with Gasteiger partial charge in [-0.1, -0.05) is 84.9 Å². The molecular weight excluding hydrogens is 541 g/mol. The normalized spacial score (nSPS) is 14.2. The standard InChI is InChI=1S/C40H32N2S/c1-40(2)37-10-4-7-33(41-37)29-18-12-26(13-19-29)14-22-31-6-3-9-35-39(31)32-23-17-28(25-36(32)43-35)24-27-15-20-30(21-16-27)34-8-5-11-38(40)42-34/h3-13,15-21,23,25H,14,22,24H2,1-2H3. The van der Waals surface area contributed by atoms with Gasteiger partial charge in [0.25, 0.3) is 0 Å². The fourth-order valence-electron chi connectivity index (χ4n) is 6.43. The van der Waals surface area contributed by atoms with Gasteiger partial charge in [-0.15, -0.1) is 11.3 Å². The third-order valence-corrected chi connectivity index (χ3v) is 10.1. The highest BCUT2D eigenvalue weighted by molar-refractivity contribution is 7.25. The van der Waals surface area contributed by atoms with Gasteiger partial charge in [0.1, 0.15) is 0 Å². The van der Waals surface area contributed by atoms with Crippen LogP contribution in [0, 0.1) is 0 Å². The first-order valence-corrected chi connectivity index (χ1v) is 15.9. The van der Waals surface area contributed by atoms with Crippen molar-refractivity contribution >= 4 is 31.5 Å². The SMILES string of the molecule is CC1(C)c2cccc(n2)-c2ccc(cc2)CCc2cccc3sc4cc(ccc4c23)Cc2ccc(cc2)-c2cccc1n2. The molecule has 0 N–H and O–H groups in total. The predicted octanol–water partition coefficient (Wildman–Crippen LogP) is 10.2. The number of nitrogens with zero attached hydrogens (tertiary/aromatic N) is 2. The molecule has 7 aromatic rings. The molecule has 7 aliphatic heterocycles. The molecule has 4 aromatic carbocycles. The van der Waals surface area contributed by atoms with Crippen molar-refractivity contribution in [1.82, 2.24) is 9.97 Å². The largest absolute Gasteiger partial charge is 0.252 e. The van der Waals surface area contributed by atoms with Gasteiger partial charge in [-0.05, 0) is 91.8 Å². The maximum Gasteiger partial charge on any atom is 0.0705 e. The van der Waals surface area contributed by atoms with Crippen LogP contribution in [0.3, 0.4) is 0 Å². The monoisotopic (exact) mass is 572 g/mol. The molecule has 3 heteroatoms. The molecule has 12 bridgehead atoms. The molecule has 14 rings (SSSR count). The average Bonchev–Trinajstić information content (AvgIpc) is 3.42. The predicted molar refractivity (Wildman–Crippen MR) is 181 cm³/mol. The summed E-state index contributed by atoms with van der Waals surface area (Å²) in [7, 11) is 0. The summed E-state index contributed by atoms with van der Waals surface area (Å²) >= 11 is 1.91. The summed E-state index contributed by atoms with van der Waals surface area (Å²) in [6.45, 7) is 4.43. The van der Waals surface area contributed by atoms with Crippen LogP contribution in [0.4, 0.5) is 0 Å². The smallest absolute Gasteiger partial charge is 0.0705 e. The maximum absolute atomic E-state index is 5.15. The van der Waals surface area contributed by atoms with Crippen LogP contribution < -0.4 is 0 Å². The Kier molecular flexibility index (Phi) is 6.24. The summed E-state index contributed by atoms with van der Waals surface area (Å²) in [5, 5.41) is 2.79. The second-order valence-corrected chi connectivity index (χ2v) is 13.3. The zero-order chi connectivity index (χ0) is 29.0. The number of hydrogen-bond acceptors (Lipinski definition) is 3. The Labute approximate surface area is 256 Å². The van der Waals surface area contributed by atoms with Gasteiger partial charge in [0.15, 0.2) is 0 Å². The zero-order valence-corrected chi connectivity index (χ0v) is 25.3. The first-order chi connectivity index (χ1) is 21.0. The topological polar surface area (TPSA) is 25.8 Å². The second kappa shape index (κ2) is 10.3. The first kappa shape index (κ1) is 26.1. The van der Waals surface area contributed by atoms with Crippen molar-refractivity contribution in [2.24, 2.45) is 0 Å². The third kappa shape index (κ3) is 4.74. The van der Waals surface area contributed by atoms with Crippen LogP contribution in [-0.2, 0) is 24.7 Å². The van der Waals surface area contributed by atoms with E-state index in [-0.39, 0.29) is 5.41 Å². The summed E-state index contributed by atoms with van der Waals surface area (Å²) < 4.78 is 2.74. The average molecular weight is 573 g/mol. The highest BCUT2D eigenvalue weighted by Crippen LogP contribution is 2.38. The molecule has 0 unspecified atom stereocenters. The minimum atomic E-state index is -0.347. The van der Waals surface area contributed by atoms with E-state index in [1.54, 1.807) is 0 Å². The Bertz CT molecular complexity index is 2120. The van der Waals surface area contributed by atoms with Crippen molar-refractivity contribution in [3.05, 3.63) is 155 Å². The van der Waals surface area contributed by atoms with Gasteiger partial charge in [0, 0.05) is 36.7 Å². The Morgan fingerprint density at radius 3 is 1.84 bits per heavy atom. The lowest BCUT2D eigenvalue weighted by Gasteiger charge is -2.25. The minimum Gasteiger partial charge on any atom is -0.252 e. The van der Waals surface area contributed by atoms with Crippen molar-refractivity contribution < 1.29 is 0 Å². The quantitative estimate of drug-likeness (QED) is 0.181. The molecule has 2 nitrogen and oxygen atoms in total. The van der Waals surface area contributed by atoms with Crippen molar-refractivity contribution in [1.29, 1.82) is 0 Å². The molecular formula is C40H32N2S. The molecule has 0 aliphatic carbocycles. The lowest BCUT2D eigenvalue weighted by molar-refractivity contribution is 0.597. The van der Waals surface area contributed by atoms with Crippen LogP contribution >= 0.6 is 11.3 Å². The van der Waals surface area contributed by atoms with Gasteiger partial charge in [-0.25, -0.2) is 0 Å². The van der Waals surface area contributed by atoms with Crippen LogP contribution in [0.5, 0.6) is 0 Å². The number of rotatable bonds is 0. The summed E-state index contributed by atoms with van der Waals surface area (Å²) in [4.78, 5) is 10.3. The third-order valence-electron chi connectivity index (χ3n) is 9.02. The van der Waals surface area contributed by atoms with E-state index in [1.165, 1.54) is 42.4 Å². The molecule has 0 spiro atoms. The number of thiophene rings is 1. The summed E-state index contributed by atoms with van der Waals surface area (Å²) in [6.07, 6.45) is 2.94. The molecule has 0 radical (unpaired) electrons. The number of aromatic nitrogens is 2. The molecule has 0 atom stereocenters. The summed E-state index contributed by atoms with van der Waals surface area (Å²) in [5.41, 5.74) is 11.4. The maximum atomic E-state index is 5.15. The number of benzene rings is 4. The molecule has 0 saturated carbocycles. The second-order valence-electron chi connectivity index (χ2n) is 12.2. The van der Waals surface area contributed by atoms with Crippen molar-refractivity contribution in [3.63, 3.8) is 0 Å². The fraction of sp³-hybridized carbons (Fsp3) is 0.150. The van der Waals surface area contributed by atoms with Gasteiger partial charge >= 0.3 is 0 Å². The van der Waals surface area contributed by atoms with Crippen LogP contribution in [0.15, 0.2) is 121 Å². The highest BCUT2D eigenvalue weighted by atomic mass is 32.1. The van der Waals surface area contributed by atoms with Crippen LogP contribution in [0.25, 0.3) is 42.7 Å². The Morgan fingerprint density at radius 2 is 1.16 bits per heavy atom. The van der Waals surface area contributed by atoms with Gasteiger partial charge in [-0.3, -0.25) is 9.97 Å². The number of hydrogen-bond donors (Lipinski definition) is 0. The van der Waals surface area contributed by atoms with Crippen LogP contribution in [0.2, 0.25) is 0 Å². The Balaban J connectivity index is 1.26. The Hall–Kier alpha value is -4.60. The van der Waals surface area contributed by atoms with E-state index in [0.717, 1.165) is 53.2 Å². The first-order valence-electron chi connectivity index (χ1n) is 15.1. The molecule has 43 heavy (non-hydrogen) atoms. The van der Waals surface area contributed by atoms with Crippen LogP contribution in [-0.4, -0.2) is 9.97 Å². The van der Waals surface area contributed by atoms with E-state index in [2.05, 4.69) is 135 Å². The Morgan fingerprint density at radius 1 is 0.558 bits per heavy atom.